The van der Waals surface area contributed by atoms with Gasteiger partial charge >= 0.3 is 0 Å². The van der Waals surface area contributed by atoms with Gasteiger partial charge in [-0.15, -0.1) is 0 Å². The number of hydrogen-bond acceptors (Lipinski definition) is 5. The van der Waals surface area contributed by atoms with E-state index < -0.39 is 0 Å². The summed E-state index contributed by atoms with van der Waals surface area (Å²) in [4.78, 5) is 30.1. The molecule has 1 aliphatic rings. The first-order valence-electron chi connectivity index (χ1n) is 9.06. The lowest BCUT2D eigenvalue weighted by atomic mass is 10.1. The fourth-order valence-electron chi connectivity index (χ4n) is 3.35. The summed E-state index contributed by atoms with van der Waals surface area (Å²) in [6.45, 7) is 6.72. The van der Waals surface area contributed by atoms with Gasteiger partial charge in [0.1, 0.15) is 23.8 Å². The lowest BCUT2D eigenvalue weighted by molar-refractivity contribution is 0.0745. The molecule has 1 aromatic carbocycles. The van der Waals surface area contributed by atoms with E-state index in [0.29, 0.717) is 13.1 Å². The standard InChI is InChI=1S/C20H22N6O/c1-15-5-3-4-6-17(15)20(27)25-11-9-24(10-12-25)18-13-19(23-16(2)22-18)26-8-7-21-14-26/h3-8,13-14H,9-12H2,1-2H3. The number of carbonyl (C=O) groups excluding carboxylic acids is 1. The Morgan fingerprint density at radius 1 is 1.00 bits per heavy atom. The Kier molecular flexibility index (Phi) is 4.58. The molecule has 1 fully saturated rings. The third kappa shape index (κ3) is 3.53. The maximum Gasteiger partial charge on any atom is 0.254 e. The summed E-state index contributed by atoms with van der Waals surface area (Å²) in [5.74, 6) is 2.50. The number of benzene rings is 1. The van der Waals surface area contributed by atoms with Gasteiger partial charge < -0.3 is 9.80 Å². The minimum Gasteiger partial charge on any atom is -0.353 e. The maximum atomic E-state index is 12.8. The molecule has 0 aliphatic carbocycles. The minimum absolute atomic E-state index is 0.103. The number of hydrogen-bond donors (Lipinski definition) is 0. The molecule has 0 bridgehead atoms. The number of amides is 1. The Morgan fingerprint density at radius 2 is 1.74 bits per heavy atom. The number of carbonyl (C=O) groups is 1. The number of imidazole rings is 1. The SMILES string of the molecule is Cc1nc(N2CCN(C(=O)c3ccccc3C)CC2)cc(-n2ccnc2)n1. The highest BCUT2D eigenvalue weighted by Crippen LogP contribution is 2.19. The van der Waals surface area contributed by atoms with E-state index >= 15 is 0 Å². The number of aromatic nitrogens is 4. The second-order valence-corrected chi connectivity index (χ2v) is 6.70. The van der Waals surface area contributed by atoms with Gasteiger partial charge in [0.2, 0.25) is 0 Å². The highest BCUT2D eigenvalue weighted by molar-refractivity contribution is 5.95. The van der Waals surface area contributed by atoms with Crippen molar-refractivity contribution in [1.82, 2.24) is 24.4 Å². The molecule has 0 N–H and O–H groups in total. The van der Waals surface area contributed by atoms with Crippen LogP contribution in [0.2, 0.25) is 0 Å². The van der Waals surface area contributed by atoms with E-state index in [1.54, 1.807) is 12.5 Å². The van der Waals surface area contributed by atoms with E-state index in [1.165, 1.54) is 0 Å². The molecule has 0 radical (unpaired) electrons. The van der Waals surface area contributed by atoms with Crippen LogP contribution in [-0.4, -0.2) is 56.5 Å². The Balaban J connectivity index is 1.48. The van der Waals surface area contributed by atoms with Crippen molar-refractivity contribution in [3.05, 3.63) is 66.0 Å². The summed E-state index contributed by atoms with van der Waals surface area (Å²) in [5, 5.41) is 0. The Bertz CT molecular complexity index is 945. The molecule has 2 aromatic heterocycles. The highest BCUT2D eigenvalue weighted by Gasteiger charge is 2.24. The molecule has 3 aromatic rings. The summed E-state index contributed by atoms with van der Waals surface area (Å²) in [6.07, 6.45) is 5.32. The minimum atomic E-state index is 0.103. The largest absolute Gasteiger partial charge is 0.353 e. The van der Waals surface area contributed by atoms with Crippen molar-refractivity contribution in [3.8, 4) is 5.82 Å². The molecule has 7 nitrogen and oxygen atoms in total. The third-order valence-electron chi connectivity index (χ3n) is 4.85. The summed E-state index contributed by atoms with van der Waals surface area (Å²) < 4.78 is 1.87. The van der Waals surface area contributed by atoms with Gasteiger partial charge in [-0.2, -0.15) is 0 Å². The van der Waals surface area contributed by atoms with Crippen molar-refractivity contribution in [2.24, 2.45) is 0 Å². The second kappa shape index (κ2) is 7.19. The summed E-state index contributed by atoms with van der Waals surface area (Å²) in [6, 6.07) is 9.71. The molecule has 1 saturated heterocycles. The molecule has 1 amide bonds. The summed E-state index contributed by atoms with van der Waals surface area (Å²) in [7, 11) is 0. The zero-order valence-corrected chi connectivity index (χ0v) is 15.5. The van der Waals surface area contributed by atoms with Gasteiger partial charge in [-0.1, -0.05) is 18.2 Å². The van der Waals surface area contributed by atoms with E-state index in [9.17, 15) is 4.79 Å². The molecule has 1 aliphatic heterocycles. The average Bonchev–Trinajstić information content (AvgIpc) is 3.22. The molecular weight excluding hydrogens is 340 g/mol. The number of rotatable bonds is 3. The van der Waals surface area contributed by atoms with E-state index in [2.05, 4.69) is 19.9 Å². The van der Waals surface area contributed by atoms with Crippen LogP contribution in [0.1, 0.15) is 21.7 Å². The van der Waals surface area contributed by atoms with Crippen LogP contribution in [-0.2, 0) is 0 Å². The molecule has 0 atom stereocenters. The van der Waals surface area contributed by atoms with Crippen LogP contribution in [0, 0.1) is 13.8 Å². The fraction of sp³-hybridized carbons (Fsp3) is 0.300. The van der Waals surface area contributed by atoms with Crippen LogP contribution in [0.15, 0.2) is 49.1 Å². The first kappa shape index (κ1) is 17.2. The normalized spacial score (nSPS) is 14.4. The van der Waals surface area contributed by atoms with Crippen molar-refractivity contribution < 1.29 is 4.79 Å². The lowest BCUT2D eigenvalue weighted by Gasteiger charge is -2.35. The van der Waals surface area contributed by atoms with E-state index in [0.717, 1.165) is 41.7 Å². The maximum absolute atomic E-state index is 12.8. The predicted octanol–water partition coefficient (Wildman–Crippen LogP) is 2.24. The lowest BCUT2D eigenvalue weighted by Crippen LogP contribution is -2.49. The van der Waals surface area contributed by atoms with Crippen LogP contribution in [0.25, 0.3) is 5.82 Å². The third-order valence-corrected chi connectivity index (χ3v) is 4.85. The topological polar surface area (TPSA) is 67.2 Å². The molecular formula is C20H22N6O. The fourth-order valence-corrected chi connectivity index (χ4v) is 3.35. The summed E-state index contributed by atoms with van der Waals surface area (Å²) in [5.41, 5.74) is 1.80. The van der Waals surface area contributed by atoms with Crippen LogP contribution in [0.4, 0.5) is 5.82 Å². The quantitative estimate of drug-likeness (QED) is 0.715. The van der Waals surface area contributed by atoms with Crippen molar-refractivity contribution in [2.75, 3.05) is 31.1 Å². The van der Waals surface area contributed by atoms with Crippen LogP contribution in [0.3, 0.4) is 0 Å². The van der Waals surface area contributed by atoms with Crippen molar-refractivity contribution in [2.45, 2.75) is 13.8 Å². The zero-order valence-electron chi connectivity index (χ0n) is 15.5. The van der Waals surface area contributed by atoms with Gasteiger partial charge in [0.15, 0.2) is 0 Å². The number of nitrogens with zero attached hydrogens (tertiary/aromatic N) is 6. The first-order valence-corrected chi connectivity index (χ1v) is 9.06. The number of piperazine rings is 1. The van der Waals surface area contributed by atoms with E-state index in [1.807, 2.05) is 59.8 Å². The molecule has 0 unspecified atom stereocenters. The molecule has 7 heteroatoms. The Morgan fingerprint density at radius 3 is 2.44 bits per heavy atom. The number of aryl methyl sites for hydroxylation is 2. The van der Waals surface area contributed by atoms with Crippen molar-refractivity contribution >= 4 is 11.7 Å². The Hall–Kier alpha value is -3.22. The smallest absolute Gasteiger partial charge is 0.254 e. The van der Waals surface area contributed by atoms with Gasteiger partial charge in [-0.25, -0.2) is 15.0 Å². The van der Waals surface area contributed by atoms with Crippen LogP contribution < -0.4 is 4.90 Å². The van der Waals surface area contributed by atoms with Gasteiger partial charge in [0, 0.05) is 50.2 Å². The first-order chi connectivity index (χ1) is 13.1. The summed E-state index contributed by atoms with van der Waals surface area (Å²) >= 11 is 0. The molecule has 4 rings (SSSR count). The average molecular weight is 362 g/mol. The van der Waals surface area contributed by atoms with Gasteiger partial charge in [-0.05, 0) is 25.5 Å². The molecule has 3 heterocycles. The molecule has 0 spiro atoms. The number of anilines is 1. The molecule has 27 heavy (non-hydrogen) atoms. The highest BCUT2D eigenvalue weighted by atomic mass is 16.2. The second-order valence-electron chi connectivity index (χ2n) is 6.70. The Labute approximate surface area is 158 Å². The van der Waals surface area contributed by atoms with Crippen molar-refractivity contribution in [3.63, 3.8) is 0 Å². The van der Waals surface area contributed by atoms with E-state index in [-0.39, 0.29) is 5.91 Å². The molecule has 0 saturated carbocycles. The van der Waals surface area contributed by atoms with Crippen LogP contribution in [0.5, 0.6) is 0 Å². The van der Waals surface area contributed by atoms with E-state index in [4.69, 9.17) is 0 Å². The van der Waals surface area contributed by atoms with Gasteiger partial charge in [0.25, 0.3) is 5.91 Å². The van der Waals surface area contributed by atoms with Crippen LogP contribution >= 0.6 is 0 Å². The monoisotopic (exact) mass is 362 g/mol. The van der Waals surface area contributed by atoms with Gasteiger partial charge in [-0.3, -0.25) is 9.36 Å². The van der Waals surface area contributed by atoms with Gasteiger partial charge in [0.05, 0.1) is 0 Å². The van der Waals surface area contributed by atoms with Crippen molar-refractivity contribution in [1.29, 1.82) is 0 Å². The predicted molar refractivity (Wildman–Crippen MR) is 103 cm³/mol. The molecule has 138 valence electrons. The zero-order chi connectivity index (χ0) is 18.8.